The quantitative estimate of drug-likeness (QED) is 0.799. The maximum Gasteiger partial charge on any atom is 0.261 e. The van der Waals surface area contributed by atoms with Gasteiger partial charge in [0.05, 0.1) is 11.8 Å². The first-order chi connectivity index (χ1) is 10.9. The lowest BCUT2D eigenvalue weighted by Crippen LogP contribution is -2.32. The number of ether oxygens (including phenoxy) is 1. The highest BCUT2D eigenvalue weighted by Gasteiger charge is 2.41. The number of amides is 2. The standard InChI is InChI=1S/C18H20FNO3/c1-10(2)23-16-9-15(14(19)8-11(16)3)20-17(21)12-6-4-5-7-13(12)18(20)22/h8-10H,4-7H2,1-3H3. The van der Waals surface area contributed by atoms with Crippen LogP contribution < -0.4 is 9.64 Å². The van der Waals surface area contributed by atoms with Crippen LogP contribution in [0.5, 0.6) is 5.75 Å². The van der Waals surface area contributed by atoms with E-state index in [1.165, 1.54) is 12.1 Å². The van der Waals surface area contributed by atoms with Crippen LogP contribution in [0.15, 0.2) is 23.3 Å². The molecule has 0 atom stereocenters. The van der Waals surface area contributed by atoms with Crippen molar-refractivity contribution >= 4 is 17.5 Å². The molecule has 5 heteroatoms. The molecule has 2 aliphatic rings. The lowest BCUT2D eigenvalue weighted by molar-refractivity contribution is -0.120. The smallest absolute Gasteiger partial charge is 0.261 e. The van der Waals surface area contributed by atoms with Crippen molar-refractivity contribution in [2.45, 2.75) is 52.6 Å². The van der Waals surface area contributed by atoms with Gasteiger partial charge >= 0.3 is 0 Å². The van der Waals surface area contributed by atoms with Gasteiger partial charge in [0, 0.05) is 17.2 Å². The van der Waals surface area contributed by atoms with Crippen LogP contribution in [0.4, 0.5) is 10.1 Å². The fourth-order valence-corrected chi connectivity index (χ4v) is 3.15. The molecule has 3 rings (SSSR count). The second kappa shape index (κ2) is 5.80. The van der Waals surface area contributed by atoms with Gasteiger partial charge in [0.1, 0.15) is 11.6 Å². The van der Waals surface area contributed by atoms with E-state index in [1.807, 2.05) is 13.8 Å². The van der Waals surface area contributed by atoms with Crippen LogP contribution in [0.1, 0.15) is 45.1 Å². The van der Waals surface area contributed by atoms with Crippen molar-refractivity contribution in [3.63, 3.8) is 0 Å². The van der Waals surface area contributed by atoms with Crippen molar-refractivity contribution in [3.05, 3.63) is 34.7 Å². The molecule has 4 nitrogen and oxygen atoms in total. The van der Waals surface area contributed by atoms with Gasteiger partial charge in [-0.25, -0.2) is 9.29 Å². The first-order valence-corrected chi connectivity index (χ1v) is 7.97. The largest absolute Gasteiger partial charge is 0.491 e. The minimum absolute atomic E-state index is 0.0179. The molecule has 0 aromatic heterocycles. The average Bonchev–Trinajstić information content (AvgIpc) is 2.74. The van der Waals surface area contributed by atoms with Gasteiger partial charge in [0.2, 0.25) is 0 Å². The van der Waals surface area contributed by atoms with Gasteiger partial charge in [-0.3, -0.25) is 9.59 Å². The third-order valence-electron chi connectivity index (χ3n) is 4.24. The number of halogens is 1. The maximum absolute atomic E-state index is 14.4. The first-order valence-electron chi connectivity index (χ1n) is 7.97. The van der Waals surface area contributed by atoms with Gasteiger partial charge in [-0.15, -0.1) is 0 Å². The van der Waals surface area contributed by atoms with E-state index in [1.54, 1.807) is 6.92 Å². The molecule has 2 amide bonds. The van der Waals surface area contributed by atoms with Gasteiger partial charge < -0.3 is 4.74 Å². The Morgan fingerprint density at radius 1 is 1.09 bits per heavy atom. The lowest BCUT2D eigenvalue weighted by atomic mass is 9.93. The number of rotatable bonds is 3. The summed E-state index contributed by atoms with van der Waals surface area (Å²) in [6, 6.07) is 2.77. The van der Waals surface area contributed by atoms with E-state index in [0.29, 0.717) is 35.3 Å². The van der Waals surface area contributed by atoms with Crippen LogP contribution in [0.3, 0.4) is 0 Å². The van der Waals surface area contributed by atoms with Crippen molar-refractivity contribution in [1.82, 2.24) is 0 Å². The van der Waals surface area contributed by atoms with Crippen LogP contribution in [-0.4, -0.2) is 17.9 Å². The first kappa shape index (κ1) is 15.7. The van der Waals surface area contributed by atoms with Gasteiger partial charge in [-0.05, 0) is 58.1 Å². The second-order valence-electron chi connectivity index (χ2n) is 6.35. The van der Waals surface area contributed by atoms with E-state index >= 15 is 0 Å². The van der Waals surface area contributed by atoms with Crippen LogP contribution in [0.25, 0.3) is 0 Å². The number of aryl methyl sites for hydroxylation is 1. The Morgan fingerprint density at radius 3 is 2.17 bits per heavy atom. The highest BCUT2D eigenvalue weighted by molar-refractivity contribution is 6.33. The number of hydrogen-bond donors (Lipinski definition) is 0. The van der Waals surface area contributed by atoms with Gasteiger partial charge in [-0.1, -0.05) is 0 Å². The third kappa shape index (κ3) is 2.64. The Morgan fingerprint density at radius 2 is 1.65 bits per heavy atom. The number of imide groups is 1. The van der Waals surface area contributed by atoms with E-state index in [0.717, 1.165) is 17.7 Å². The van der Waals surface area contributed by atoms with Crippen LogP contribution in [0.2, 0.25) is 0 Å². The molecule has 122 valence electrons. The Bertz CT molecular complexity index is 693. The number of carbonyl (C=O) groups excluding carboxylic acids is 2. The molecule has 23 heavy (non-hydrogen) atoms. The molecule has 0 radical (unpaired) electrons. The molecular weight excluding hydrogens is 297 g/mol. The van der Waals surface area contributed by atoms with Crippen molar-refractivity contribution in [2.24, 2.45) is 0 Å². The summed E-state index contributed by atoms with van der Waals surface area (Å²) in [5, 5.41) is 0. The summed E-state index contributed by atoms with van der Waals surface area (Å²) in [5.41, 5.74) is 1.72. The van der Waals surface area contributed by atoms with Crippen LogP contribution >= 0.6 is 0 Å². The van der Waals surface area contributed by atoms with E-state index < -0.39 is 5.82 Å². The van der Waals surface area contributed by atoms with E-state index in [-0.39, 0.29) is 23.6 Å². The summed E-state index contributed by atoms with van der Waals surface area (Å²) >= 11 is 0. The fourth-order valence-electron chi connectivity index (χ4n) is 3.15. The summed E-state index contributed by atoms with van der Waals surface area (Å²) in [6.07, 6.45) is 2.90. The minimum Gasteiger partial charge on any atom is -0.491 e. The summed E-state index contributed by atoms with van der Waals surface area (Å²) in [4.78, 5) is 26.1. The summed E-state index contributed by atoms with van der Waals surface area (Å²) in [5.74, 6) is -0.868. The maximum atomic E-state index is 14.4. The predicted octanol–water partition coefficient (Wildman–Crippen LogP) is 3.67. The Kier molecular flexibility index (Phi) is 3.96. The van der Waals surface area contributed by atoms with Crippen molar-refractivity contribution in [1.29, 1.82) is 0 Å². The Labute approximate surface area is 134 Å². The number of anilines is 1. The molecule has 1 aliphatic heterocycles. The zero-order valence-corrected chi connectivity index (χ0v) is 13.6. The minimum atomic E-state index is -0.583. The van der Waals surface area contributed by atoms with E-state index in [2.05, 4.69) is 0 Å². The zero-order chi connectivity index (χ0) is 16.7. The molecule has 0 bridgehead atoms. The van der Waals surface area contributed by atoms with Gasteiger partial charge in [-0.2, -0.15) is 0 Å². The third-order valence-corrected chi connectivity index (χ3v) is 4.24. The van der Waals surface area contributed by atoms with E-state index in [9.17, 15) is 14.0 Å². The van der Waals surface area contributed by atoms with E-state index in [4.69, 9.17) is 4.74 Å². The summed E-state index contributed by atoms with van der Waals surface area (Å²) in [7, 11) is 0. The Hall–Kier alpha value is -2.17. The molecule has 1 heterocycles. The zero-order valence-electron chi connectivity index (χ0n) is 13.6. The predicted molar refractivity (Wildman–Crippen MR) is 84.9 cm³/mol. The molecular formula is C18H20FNO3. The molecule has 0 N–H and O–H groups in total. The average molecular weight is 317 g/mol. The van der Waals surface area contributed by atoms with Crippen molar-refractivity contribution < 1.29 is 18.7 Å². The summed E-state index contributed by atoms with van der Waals surface area (Å²) in [6.45, 7) is 5.48. The van der Waals surface area contributed by atoms with Crippen LogP contribution in [-0.2, 0) is 9.59 Å². The fraction of sp³-hybridized carbons (Fsp3) is 0.444. The van der Waals surface area contributed by atoms with Crippen molar-refractivity contribution in [2.75, 3.05) is 4.90 Å². The van der Waals surface area contributed by atoms with Gasteiger partial charge in [0.15, 0.2) is 0 Å². The molecule has 0 saturated carbocycles. The van der Waals surface area contributed by atoms with Crippen LogP contribution in [0, 0.1) is 12.7 Å². The highest BCUT2D eigenvalue weighted by Crippen LogP contribution is 2.38. The Balaban J connectivity index is 2.02. The molecule has 1 aliphatic carbocycles. The topological polar surface area (TPSA) is 46.6 Å². The SMILES string of the molecule is Cc1cc(F)c(N2C(=O)C3=C(CCCC3)C2=O)cc1OC(C)C. The molecule has 0 spiro atoms. The number of benzene rings is 1. The molecule has 0 unspecified atom stereocenters. The molecule has 1 aromatic carbocycles. The number of nitrogens with zero attached hydrogens (tertiary/aromatic N) is 1. The lowest BCUT2D eigenvalue weighted by Gasteiger charge is -2.19. The number of carbonyl (C=O) groups is 2. The number of hydrogen-bond acceptors (Lipinski definition) is 3. The monoisotopic (exact) mass is 317 g/mol. The molecule has 0 fully saturated rings. The van der Waals surface area contributed by atoms with Crippen molar-refractivity contribution in [3.8, 4) is 5.75 Å². The molecule has 1 aromatic rings. The highest BCUT2D eigenvalue weighted by atomic mass is 19.1. The normalized spacial score (nSPS) is 18.0. The second-order valence-corrected chi connectivity index (χ2v) is 6.35. The van der Waals surface area contributed by atoms with Gasteiger partial charge in [0.25, 0.3) is 11.8 Å². The molecule has 0 saturated heterocycles. The summed E-state index contributed by atoms with van der Waals surface area (Å²) < 4.78 is 20.1.